The maximum Gasteiger partial charge on any atom is 0.332 e. The smallest absolute Gasteiger partial charge is 0.332 e. The van der Waals surface area contributed by atoms with E-state index in [-0.39, 0.29) is 23.2 Å². The van der Waals surface area contributed by atoms with Crippen molar-refractivity contribution < 1.29 is 29.3 Å². The Labute approximate surface area is 141 Å². The second kappa shape index (κ2) is 8.85. The number of ether oxygens (including phenoxy) is 1. The van der Waals surface area contributed by atoms with E-state index in [0.717, 1.165) is 51.4 Å². The summed E-state index contributed by atoms with van der Waals surface area (Å²) >= 11 is 0. The fourth-order valence-corrected chi connectivity index (χ4v) is 3.78. The van der Waals surface area contributed by atoms with E-state index in [2.05, 4.69) is 0 Å². The Morgan fingerprint density at radius 3 is 1.83 bits per heavy atom. The minimum atomic E-state index is -1.33. The van der Waals surface area contributed by atoms with Crippen molar-refractivity contribution in [2.24, 2.45) is 5.92 Å². The number of carbonyl (C=O) groups is 3. The van der Waals surface area contributed by atoms with E-state index in [1.165, 1.54) is 0 Å². The van der Waals surface area contributed by atoms with Gasteiger partial charge in [-0.05, 0) is 44.4 Å². The molecule has 2 fully saturated rings. The van der Waals surface area contributed by atoms with Gasteiger partial charge in [-0.1, -0.05) is 25.7 Å². The van der Waals surface area contributed by atoms with Crippen molar-refractivity contribution in [2.75, 3.05) is 0 Å². The molecule has 0 unspecified atom stereocenters. The number of carbonyl (C=O) groups excluding carboxylic acids is 1. The lowest BCUT2D eigenvalue weighted by Gasteiger charge is -2.24. The quantitative estimate of drug-likeness (QED) is 0.569. The number of rotatable bonds is 6. The summed E-state index contributed by atoms with van der Waals surface area (Å²) in [4.78, 5) is 35.4. The molecule has 2 rings (SSSR count). The fourth-order valence-electron chi connectivity index (χ4n) is 3.78. The molecule has 6 heteroatoms. The van der Waals surface area contributed by atoms with Crippen LogP contribution in [0.25, 0.3) is 0 Å². The largest absolute Gasteiger partial charge is 0.478 e. The molecule has 0 saturated heterocycles. The number of hydrogen-bond acceptors (Lipinski definition) is 4. The van der Waals surface area contributed by atoms with Crippen LogP contribution < -0.4 is 0 Å². The zero-order valence-corrected chi connectivity index (χ0v) is 14.0. The number of carboxylic acids is 2. The van der Waals surface area contributed by atoms with Crippen molar-refractivity contribution in [1.82, 2.24) is 0 Å². The van der Waals surface area contributed by atoms with Crippen LogP contribution in [0.2, 0.25) is 0 Å². The lowest BCUT2D eigenvalue weighted by atomic mass is 9.81. The Hall–Kier alpha value is -1.85. The first-order valence-corrected chi connectivity index (χ1v) is 8.88. The molecule has 0 aromatic heterocycles. The molecular formula is C18H26O6. The predicted molar refractivity (Wildman–Crippen MR) is 86.5 cm³/mol. The molecule has 0 atom stereocenters. The van der Waals surface area contributed by atoms with E-state index in [0.29, 0.717) is 12.8 Å². The molecule has 6 nitrogen and oxygen atoms in total. The number of esters is 1. The molecule has 2 N–H and O–H groups in total. The summed E-state index contributed by atoms with van der Waals surface area (Å²) in [5.74, 6) is -3.48. The van der Waals surface area contributed by atoms with E-state index >= 15 is 0 Å². The minimum Gasteiger partial charge on any atom is -0.478 e. The fraction of sp³-hybridized carbons (Fsp3) is 0.722. The van der Waals surface area contributed by atoms with Crippen LogP contribution in [0.5, 0.6) is 0 Å². The van der Waals surface area contributed by atoms with E-state index in [4.69, 9.17) is 4.74 Å². The van der Waals surface area contributed by atoms with Crippen LogP contribution in [0.1, 0.15) is 70.6 Å². The number of hydrogen-bond donors (Lipinski definition) is 2. The van der Waals surface area contributed by atoms with Crippen molar-refractivity contribution in [3.63, 3.8) is 0 Å². The Bertz CT molecular complexity index is 510. The standard InChI is InChI=1S/C18H26O6/c19-15(24-13-9-5-2-6-10-13)11-14(17(20)21)16(18(22)23)12-7-3-1-4-8-12/h12-13H,1-11H2,(H,20,21)(H,22,23). The first kappa shape index (κ1) is 18.5. The molecule has 134 valence electrons. The van der Waals surface area contributed by atoms with E-state index < -0.39 is 24.3 Å². The van der Waals surface area contributed by atoms with E-state index in [1.54, 1.807) is 0 Å². The topological polar surface area (TPSA) is 101 Å². The number of carboxylic acid groups (broad SMARTS) is 2. The molecule has 0 bridgehead atoms. The molecule has 0 aromatic rings. The second-order valence-electron chi connectivity index (χ2n) is 6.76. The highest BCUT2D eigenvalue weighted by molar-refractivity contribution is 6.02. The molecule has 0 aliphatic heterocycles. The molecule has 0 aromatic carbocycles. The summed E-state index contributed by atoms with van der Waals surface area (Å²) in [6, 6.07) is 0. The van der Waals surface area contributed by atoms with E-state index in [9.17, 15) is 24.6 Å². The highest BCUT2D eigenvalue weighted by atomic mass is 16.5. The Morgan fingerprint density at radius 2 is 1.33 bits per heavy atom. The lowest BCUT2D eigenvalue weighted by Crippen LogP contribution is -2.25. The molecule has 2 aliphatic carbocycles. The molecular weight excluding hydrogens is 312 g/mol. The van der Waals surface area contributed by atoms with Gasteiger partial charge in [-0.15, -0.1) is 0 Å². The van der Waals surface area contributed by atoms with Crippen LogP contribution in [-0.4, -0.2) is 34.2 Å². The first-order chi connectivity index (χ1) is 11.5. The average Bonchev–Trinajstić information content (AvgIpc) is 2.55. The summed E-state index contributed by atoms with van der Waals surface area (Å²) in [6.45, 7) is 0. The number of aliphatic carboxylic acids is 2. The van der Waals surface area contributed by atoms with Gasteiger partial charge in [-0.3, -0.25) is 4.79 Å². The van der Waals surface area contributed by atoms with Gasteiger partial charge in [-0.2, -0.15) is 0 Å². The van der Waals surface area contributed by atoms with Gasteiger partial charge >= 0.3 is 17.9 Å². The molecule has 0 amide bonds. The highest BCUT2D eigenvalue weighted by Crippen LogP contribution is 2.33. The molecule has 2 saturated carbocycles. The van der Waals surface area contributed by atoms with Gasteiger partial charge in [0.25, 0.3) is 0 Å². The highest BCUT2D eigenvalue weighted by Gasteiger charge is 2.31. The van der Waals surface area contributed by atoms with Gasteiger partial charge < -0.3 is 14.9 Å². The van der Waals surface area contributed by atoms with Crippen molar-refractivity contribution in [3.8, 4) is 0 Å². The minimum absolute atomic E-state index is 0.109. The van der Waals surface area contributed by atoms with Crippen LogP contribution in [0.4, 0.5) is 0 Å². The third-order valence-electron chi connectivity index (χ3n) is 5.00. The van der Waals surface area contributed by atoms with Crippen LogP contribution in [0.15, 0.2) is 11.1 Å². The maximum atomic E-state index is 12.1. The Morgan fingerprint density at radius 1 is 0.792 bits per heavy atom. The van der Waals surface area contributed by atoms with Crippen LogP contribution in [0, 0.1) is 5.92 Å². The van der Waals surface area contributed by atoms with Crippen LogP contribution >= 0.6 is 0 Å². The Kier molecular flexibility index (Phi) is 6.82. The third-order valence-corrected chi connectivity index (χ3v) is 5.00. The van der Waals surface area contributed by atoms with Crippen molar-refractivity contribution in [1.29, 1.82) is 0 Å². The summed E-state index contributed by atoms with van der Waals surface area (Å²) in [7, 11) is 0. The molecule has 2 aliphatic rings. The van der Waals surface area contributed by atoms with Crippen molar-refractivity contribution in [2.45, 2.75) is 76.7 Å². The van der Waals surface area contributed by atoms with Crippen LogP contribution in [-0.2, 0) is 19.1 Å². The van der Waals surface area contributed by atoms with Gasteiger partial charge in [0.1, 0.15) is 6.10 Å². The molecule has 24 heavy (non-hydrogen) atoms. The monoisotopic (exact) mass is 338 g/mol. The summed E-state index contributed by atoms with van der Waals surface area (Å²) in [5.41, 5.74) is -0.419. The van der Waals surface area contributed by atoms with Gasteiger partial charge in [0, 0.05) is 0 Å². The normalized spacial score (nSPS) is 21.0. The maximum absolute atomic E-state index is 12.1. The Balaban J connectivity index is 2.13. The second-order valence-corrected chi connectivity index (χ2v) is 6.76. The molecule has 0 spiro atoms. The third kappa shape index (κ3) is 5.08. The van der Waals surface area contributed by atoms with Crippen LogP contribution in [0.3, 0.4) is 0 Å². The SMILES string of the molecule is O=C(CC(C(=O)O)=C(C(=O)O)C1CCCCC1)OC1CCCCC1. The van der Waals surface area contributed by atoms with E-state index in [1.807, 2.05) is 0 Å². The summed E-state index contributed by atoms with van der Waals surface area (Å²) in [6.07, 6.45) is 8.24. The van der Waals surface area contributed by atoms with Gasteiger partial charge in [0.2, 0.25) is 0 Å². The average molecular weight is 338 g/mol. The molecule has 0 radical (unpaired) electrons. The summed E-state index contributed by atoms with van der Waals surface area (Å²) in [5, 5.41) is 19.0. The van der Waals surface area contributed by atoms with Gasteiger partial charge in [0.15, 0.2) is 0 Å². The lowest BCUT2D eigenvalue weighted by molar-refractivity contribution is -0.151. The predicted octanol–water partition coefficient (Wildman–Crippen LogP) is 3.30. The van der Waals surface area contributed by atoms with Crippen molar-refractivity contribution in [3.05, 3.63) is 11.1 Å². The van der Waals surface area contributed by atoms with Crippen molar-refractivity contribution >= 4 is 17.9 Å². The molecule has 0 heterocycles. The summed E-state index contributed by atoms with van der Waals surface area (Å²) < 4.78 is 5.36. The first-order valence-electron chi connectivity index (χ1n) is 8.88. The zero-order valence-electron chi connectivity index (χ0n) is 14.0. The zero-order chi connectivity index (χ0) is 17.5. The van der Waals surface area contributed by atoms with Gasteiger partial charge in [0.05, 0.1) is 17.6 Å². The van der Waals surface area contributed by atoms with Gasteiger partial charge in [-0.25, -0.2) is 9.59 Å².